The number of anilines is 3. The lowest BCUT2D eigenvalue weighted by molar-refractivity contribution is -0.120. The van der Waals surface area contributed by atoms with Gasteiger partial charge in [0.2, 0.25) is 12.3 Å². The van der Waals surface area contributed by atoms with Crippen LogP contribution in [0.15, 0.2) is 53.7 Å². The molecule has 0 spiro atoms. The summed E-state index contributed by atoms with van der Waals surface area (Å²) >= 11 is 0. The Bertz CT molecular complexity index is 1420. The first-order valence-corrected chi connectivity index (χ1v) is 13.6. The number of likely N-dealkylation sites (tertiary alicyclic amines) is 1. The molecule has 1 unspecified atom stereocenters. The number of hydrogen-bond acceptors (Lipinski definition) is 7. The Labute approximate surface area is 239 Å². The summed E-state index contributed by atoms with van der Waals surface area (Å²) in [5.41, 5.74) is 9.22. The van der Waals surface area contributed by atoms with Gasteiger partial charge in [-0.25, -0.2) is 0 Å². The second-order valence-electron chi connectivity index (χ2n) is 10.1. The SMILES string of the molecule is Cc1cc(O)c(OCCCC(=O)Nc2cc(C(=O)Nc3ccc(N)cc3)n(C)c2)cc1N=CC1CCCCN1C=O. The van der Waals surface area contributed by atoms with Gasteiger partial charge in [-0.1, -0.05) is 0 Å². The number of aryl methyl sites for hydroxylation is 2. The number of carbonyl (C=O) groups excluding carboxylic acids is 3. The van der Waals surface area contributed by atoms with Gasteiger partial charge in [-0.3, -0.25) is 19.4 Å². The summed E-state index contributed by atoms with van der Waals surface area (Å²) in [7, 11) is 1.72. The Morgan fingerprint density at radius 3 is 2.68 bits per heavy atom. The zero-order valence-corrected chi connectivity index (χ0v) is 23.3. The van der Waals surface area contributed by atoms with Crippen molar-refractivity contribution in [2.24, 2.45) is 12.0 Å². The third-order valence-corrected chi connectivity index (χ3v) is 6.89. The van der Waals surface area contributed by atoms with E-state index in [0.29, 0.717) is 34.9 Å². The van der Waals surface area contributed by atoms with Gasteiger partial charge in [-0.15, -0.1) is 0 Å². The van der Waals surface area contributed by atoms with Crippen molar-refractivity contribution in [3.63, 3.8) is 0 Å². The highest BCUT2D eigenvalue weighted by Gasteiger charge is 2.19. The van der Waals surface area contributed by atoms with Crippen LogP contribution in [0.1, 0.15) is 48.2 Å². The van der Waals surface area contributed by atoms with E-state index in [2.05, 4.69) is 15.6 Å². The van der Waals surface area contributed by atoms with Crippen LogP contribution in [0, 0.1) is 6.92 Å². The van der Waals surface area contributed by atoms with Gasteiger partial charge in [0.25, 0.3) is 5.91 Å². The van der Waals surface area contributed by atoms with Crippen molar-refractivity contribution in [1.82, 2.24) is 9.47 Å². The number of nitrogen functional groups attached to an aromatic ring is 1. The molecule has 1 saturated heterocycles. The summed E-state index contributed by atoms with van der Waals surface area (Å²) in [6.07, 6.45) is 7.80. The van der Waals surface area contributed by atoms with Crippen LogP contribution in [0.5, 0.6) is 11.5 Å². The topological polar surface area (TPSA) is 151 Å². The largest absolute Gasteiger partial charge is 0.504 e. The molecule has 3 aromatic rings. The van der Waals surface area contributed by atoms with E-state index >= 15 is 0 Å². The second-order valence-corrected chi connectivity index (χ2v) is 10.1. The summed E-state index contributed by atoms with van der Waals surface area (Å²) in [5, 5.41) is 15.9. The van der Waals surface area contributed by atoms with Gasteiger partial charge in [-0.2, -0.15) is 0 Å². The van der Waals surface area contributed by atoms with Crippen LogP contribution in [-0.4, -0.2) is 58.2 Å². The molecule has 1 aliphatic rings. The molecule has 0 bridgehead atoms. The molecule has 0 saturated carbocycles. The number of piperidine rings is 1. The molecule has 1 fully saturated rings. The van der Waals surface area contributed by atoms with Gasteiger partial charge < -0.3 is 35.7 Å². The van der Waals surface area contributed by atoms with Crippen molar-refractivity contribution in [2.75, 3.05) is 29.5 Å². The van der Waals surface area contributed by atoms with Crippen molar-refractivity contribution in [3.8, 4) is 11.5 Å². The molecule has 1 atom stereocenters. The molecule has 4 rings (SSSR count). The first-order valence-electron chi connectivity index (χ1n) is 13.6. The maximum atomic E-state index is 12.6. The Hall–Kier alpha value is -4.80. The summed E-state index contributed by atoms with van der Waals surface area (Å²) in [5.74, 6) is -0.270. The fraction of sp³-hybridized carbons (Fsp3) is 0.333. The van der Waals surface area contributed by atoms with E-state index in [1.807, 2.05) is 6.92 Å². The van der Waals surface area contributed by atoms with Crippen LogP contribution in [-0.2, 0) is 16.6 Å². The lowest BCUT2D eigenvalue weighted by atomic mass is 10.0. The third-order valence-electron chi connectivity index (χ3n) is 6.89. The normalized spacial score (nSPS) is 15.1. The molecule has 0 radical (unpaired) electrons. The molecule has 11 heteroatoms. The Balaban J connectivity index is 1.26. The minimum Gasteiger partial charge on any atom is -0.504 e. The number of aromatic nitrogens is 1. The average Bonchev–Trinajstić information content (AvgIpc) is 3.32. The number of hydrogen-bond donors (Lipinski definition) is 4. The molecular weight excluding hydrogens is 524 g/mol. The fourth-order valence-electron chi connectivity index (χ4n) is 4.61. The lowest BCUT2D eigenvalue weighted by Gasteiger charge is -2.29. The second kappa shape index (κ2) is 13.5. The van der Waals surface area contributed by atoms with Crippen molar-refractivity contribution in [1.29, 1.82) is 0 Å². The number of nitrogens with zero attached hydrogens (tertiary/aromatic N) is 3. The summed E-state index contributed by atoms with van der Waals surface area (Å²) in [6.45, 7) is 2.77. The summed E-state index contributed by atoms with van der Waals surface area (Å²) < 4.78 is 7.39. The van der Waals surface area contributed by atoms with E-state index in [1.54, 1.807) is 71.4 Å². The molecular formula is C30H36N6O5. The number of ether oxygens (including phenoxy) is 1. The van der Waals surface area contributed by atoms with Crippen molar-refractivity contribution >= 4 is 47.2 Å². The third kappa shape index (κ3) is 7.87. The quantitative estimate of drug-likeness (QED) is 0.118. The van der Waals surface area contributed by atoms with Crippen LogP contribution in [0.25, 0.3) is 0 Å². The molecule has 2 aromatic carbocycles. The van der Waals surface area contributed by atoms with Crippen molar-refractivity contribution in [2.45, 2.75) is 45.1 Å². The first kappa shape index (κ1) is 29.2. The highest BCUT2D eigenvalue weighted by atomic mass is 16.5. The van der Waals surface area contributed by atoms with Crippen LogP contribution in [0.3, 0.4) is 0 Å². The molecule has 11 nitrogen and oxygen atoms in total. The Morgan fingerprint density at radius 2 is 1.93 bits per heavy atom. The number of nitrogens with one attached hydrogen (secondary N) is 2. The number of phenolic OH excluding ortho intramolecular Hbond substituents is 1. The number of aliphatic imine (C=N–C) groups is 1. The fourth-order valence-corrected chi connectivity index (χ4v) is 4.61. The highest BCUT2D eigenvalue weighted by Crippen LogP contribution is 2.34. The van der Waals surface area contributed by atoms with E-state index in [0.717, 1.165) is 37.8 Å². The number of carbonyl (C=O) groups is 3. The number of nitrogens with two attached hydrogens (primary N) is 1. The smallest absolute Gasteiger partial charge is 0.272 e. The van der Waals surface area contributed by atoms with Gasteiger partial charge >= 0.3 is 0 Å². The lowest BCUT2D eigenvalue weighted by Crippen LogP contribution is -2.39. The summed E-state index contributed by atoms with van der Waals surface area (Å²) in [6, 6.07) is 11.6. The molecule has 1 aliphatic heterocycles. The van der Waals surface area contributed by atoms with E-state index in [-0.39, 0.29) is 42.4 Å². The average molecular weight is 561 g/mol. The highest BCUT2D eigenvalue weighted by molar-refractivity contribution is 6.04. The first-order chi connectivity index (χ1) is 19.7. The number of amides is 3. The minimum atomic E-state index is -0.312. The molecule has 0 aliphatic carbocycles. The van der Waals surface area contributed by atoms with Gasteiger partial charge in [0.1, 0.15) is 5.69 Å². The zero-order valence-electron chi connectivity index (χ0n) is 23.3. The minimum absolute atomic E-state index is 0.00727. The number of rotatable bonds is 11. The van der Waals surface area contributed by atoms with Crippen LogP contribution < -0.4 is 21.1 Å². The van der Waals surface area contributed by atoms with Crippen molar-refractivity contribution < 1.29 is 24.2 Å². The summed E-state index contributed by atoms with van der Waals surface area (Å²) in [4.78, 5) is 42.8. The van der Waals surface area contributed by atoms with Crippen LogP contribution in [0.2, 0.25) is 0 Å². The molecule has 5 N–H and O–H groups in total. The molecule has 1 aromatic heterocycles. The predicted molar refractivity (Wildman–Crippen MR) is 159 cm³/mol. The zero-order chi connectivity index (χ0) is 29.4. The number of phenols is 1. The number of benzene rings is 2. The predicted octanol–water partition coefficient (Wildman–Crippen LogP) is 4.38. The van der Waals surface area contributed by atoms with E-state index in [9.17, 15) is 19.5 Å². The van der Waals surface area contributed by atoms with Gasteiger partial charge in [-0.05, 0) is 74.6 Å². The van der Waals surface area contributed by atoms with Gasteiger partial charge in [0.15, 0.2) is 11.5 Å². The maximum Gasteiger partial charge on any atom is 0.272 e. The van der Waals surface area contributed by atoms with E-state index in [4.69, 9.17) is 10.5 Å². The van der Waals surface area contributed by atoms with Crippen LogP contribution >= 0.6 is 0 Å². The molecule has 41 heavy (non-hydrogen) atoms. The van der Waals surface area contributed by atoms with Gasteiger partial charge in [0.05, 0.1) is 24.0 Å². The van der Waals surface area contributed by atoms with Crippen molar-refractivity contribution in [3.05, 3.63) is 59.9 Å². The molecule has 3 amide bonds. The Morgan fingerprint density at radius 1 is 1.15 bits per heavy atom. The standard InChI is InChI=1S/C30H36N6O5/c1-20-14-27(38)28(16-25(20)32-17-24-6-3-4-12-36(24)19-37)41-13-5-7-29(39)33-23-15-26(35(2)18-23)30(40)34-22-10-8-21(31)9-11-22/h8-11,14-19,24,38H,3-7,12-13,31H2,1-2H3,(H,33,39)(H,34,40). The Kier molecular flexibility index (Phi) is 9.62. The van der Waals surface area contributed by atoms with Crippen LogP contribution in [0.4, 0.5) is 22.7 Å². The van der Waals surface area contributed by atoms with E-state index < -0.39 is 0 Å². The molecule has 2 heterocycles. The number of aromatic hydroxyl groups is 1. The maximum absolute atomic E-state index is 12.6. The van der Waals surface area contributed by atoms with Gasteiger partial charge in [0, 0.05) is 49.9 Å². The monoisotopic (exact) mass is 560 g/mol. The van der Waals surface area contributed by atoms with E-state index in [1.165, 1.54) is 0 Å². The molecule has 216 valence electrons.